The number of hydrogen-bond donors (Lipinski definition) is 0. The van der Waals surface area contributed by atoms with Crippen molar-refractivity contribution in [3.8, 4) is 28.5 Å². The highest BCUT2D eigenvalue weighted by Crippen LogP contribution is 2.34. The molecule has 0 radical (unpaired) electrons. The highest BCUT2D eigenvalue weighted by molar-refractivity contribution is 6.33. The van der Waals surface area contributed by atoms with E-state index < -0.39 is 5.97 Å². The molecular formula is C30H31ClN4O4. The van der Waals surface area contributed by atoms with Gasteiger partial charge in [-0.1, -0.05) is 47.1 Å². The number of rotatable bonds is 9. The summed E-state index contributed by atoms with van der Waals surface area (Å²) in [6, 6.07) is 21.4. The molecule has 0 bridgehead atoms. The van der Waals surface area contributed by atoms with Crippen LogP contribution in [-0.4, -0.2) is 47.8 Å². The zero-order valence-electron chi connectivity index (χ0n) is 22.1. The molecule has 202 valence electrons. The molecule has 0 aliphatic carbocycles. The first-order valence-corrected chi connectivity index (χ1v) is 13.5. The van der Waals surface area contributed by atoms with E-state index in [1.165, 1.54) is 23.9 Å². The van der Waals surface area contributed by atoms with Crippen molar-refractivity contribution in [3.05, 3.63) is 83.0 Å². The Hall–Kier alpha value is -4.04. The lowest BCUT2D eigenvalue weighted by molar-refractivity contribution is 0.0516. The minimum atomic E-state index is -0.592. The van der Waals surface area contributed by atoms with Crippen molar-refractivity contribution in [3.63, 3.8) is 0 Å². The Morgan fingerprint density at radius 1 is 0.949 bits per heavy atom. The van der Waals surface area contributed by atoms with Gasteiger partial charge in [-0.2, -0.15) is 0 Å². The molecule has 39 heavy (non-hydrogen) atoms. The van der Waals surface area contributed by atoms with Crippen LogP contribution in [0.1, 0.15) is 42.2 Å². The van der Waals surface area contributed by atoms with E-state index in [-0.39, 0.29) is 18.2 Å². The maximum Gasteiger partial charge on any atom is 0.364 e. The molecule has 9 heteroatoms. The minimum absolute atomic E-state index is 0.0192. The van der Waals surface area contributed by atoms with Crippen molar-refractivity contribution in [1.82, 2.24) is 15.0 Å². The topological polar surface area (TPSA) is 78.7 Å². The standard InChI is InChI=1S/C30H31ClN4O4/c1-3-38-30(36)28-29(35(33-32-28)20-21-7-12-24(37-2)13-8-21)39-25-14-9-22(10-15-25)26-16-11-23(19-27(26)31)34-17-5-4-6-18-34/h7-16,19H,3-6,17-18,20H2,1-2H3. The second-order valence-electron chi connectivity index (χ2n) is 9.31. The number of anilines is 1. The molecule has 0 amide bonds. The molecular weight excluding hydrogens is 516 g/mol. The minimum Gasteiger partial charge on any atom is -0.497 e. The first-order valence-electron chi connectivity index (χ1n) is 13.1. The number of benzene rings is 3. The monoisotopic (exact) mass is 546 g/mol. The van der Waals surface area contributed by atoms with Gasteiger partial charge in [-0.05, 0) is 73.7 Å². The Morgan fingerprint density at radius 3 is 2.33 bits per heavy atom. The van der Waals surface area contributed by atoms with Crippen LogP contribution in [-0.2, 0) is 11.3 Å². The average Bonchev–Trinajstić information content (AvgIpc) is 3.36. The molecule has 0 N–H and O–H groups in total. The van der Waals surface area contributed by atoms with Crippen molar-refractivity contribution in [2.45, 2.75) is 32.7 Å². The third-order valence-electron chi connectivity index (χ3n) is 6.70. The van der Waals surface area contributed by atoms with Gasteiger partial charge >= 0.3 is 5.97 Å². The summed E-state index contributed by atoms with van der Waals surface area (Å²) in [5.74, 6) is 0.901. The number of carbonyl (C=O) groups is 1. The molecule has 3 aromatic carbocycles. The van der Waals surface area contributed by atoms with Crippen LogP contribution in [0, 0.1) is 0 Å². The van der Waals surface area contributed by atoms with Crippen LogP contribution in [0.2, 0.25) is 5.02 Å². The van der Waals surface area contributed by atoms with Gasteiger partial charge in [0.05, 0.1) is 25.3 Å². The molecule has 0 spiro atoms. The highest BCUT2D eigenvalue weighted by Gasteiger charge is 2.24. The number of esters is 1. The molecule has 2 heterocycles. The normalized spacial score (nSPS) is 13.3. The lowest BCUT2D eigenvalue weighted by atomic mass is 10.0. The molecule has 1 saturated heterocycles. The number of halogens is 1. The van der Waals surface area contributed by atoms with Crippen LogP contribution in [0.4, 0.5) is 5.69 Å². The Kier molecular flexibility index (Phi) is 8.32. The van der Waals surface area contributed by atoms with E-state index in [0.717, 1.165) is 41.2 Å². The summed E-state index contributed by atoms with van der Waals surface area (Å²) in [6.07, 6.45) is 3.72. The van der Waals surface area contributed by atoms with Crippen molar-refractivity contribution in [2.75, 3.05) is 31.7 Å². The van der Waals surface area contributed by atoms with Crippen molar-refractivity contribution in [1.29, 1.82) is 0 Å². The van der Waals surface area contributed by atoms with Crippen LogP contribution in [0.25, 0.3) is 11.1 Å². The molecule has 1 aromatic heterocycles. The lowest BCUT2D eigenvalue weighted by Gasteiger charge is -2.29. The van der Waals surface area contributed by atoms with Gasteiger partial charge in [0, 0.05) is 24.3 Å². The van der Waals surface area contributed by atoms with Gasteiger partial charge in [-0.3, -0.25) is 0 Å². The van der Waals surface area contributed by atoms with E-state index in [0.29, 0.717) is 17.3 Å². The Labute approximate surface area is 233 Å². The van der Waals surface area contributed by atoms with E-state index in [2.05, 4.69) is 27.3 Å². The molecule has 1 fully saturated rings. The number of piperidine rings is 1. The Morgan fingerprint density at radius 2 is 1.67 bits per heavy atom. The van der Waals surface area contributed by atoms with E-state index in [1.54, 1.807) is 14.0 Å². The van der Waals surface area contributed by atoms with E-state index >= 15 is 0 Å². The quantitative estimate of drug-likeness (QED) is 0.218. The van der Waals surface area contributed by atoms with Crippen LogP contribution >= 0.6 is 11.6 Å². The van der Waals surface area contributed by atoms with Gasteiger partial charge < -0.3 is 19.1 Å². The zero-order valence-corrected chi connectivity index (χ0v) is 22.9. The largest absolute Gasteiger partial charge is 0.497 e. The first kappa shape index (κ1) is 26.6. The van der Waals surface area contributed by atoms with Crippen molar-refractivity contribution >= 4 is 23.3 Å². The fourth-order valence-electron chi connectivity index (χ4n) is 4.64. The van der Waals surface area contributed by atoms with Gasteiger partial charge in [0.25, 0.3) is 5.88 Å². The lowest BCUT2D eigenvalue weighted by Crippen LogP contribution is -2.29. The smallest absolute Gasteiger partial charge is 0.364 e. The van der Waals surface area contributed by atoms with E-state index in [9.17, 15) is 4.79 Å². The van der Waals surface area contributed by atoms with Gasteiger partial charge in [0.15, 0.2) is 0 Å². The molecule has 0 unspecified atom stereocenters. The third-order valence-corrected chi connectivity index (χ3v) is 7.02. The van der Waals surface area contributed by atoms with Crippen LogP contribution in [0.3, 0.4) is 0 Å². The second-order valence-corrected chi connectivity index (χ2v) is 9.71. The highest BCUT2D eigenvalue weighted by atomic mass is 35.5. The number of nitrogens with zero attached hydrogens (tertiary/aromatic N) is 4. The van der Waals surface area contributed by atoms with Crippen LogP contribution in [0.15, 0.2) is 66.7 Å². The second kappa shape index (κ2) is 12.2. The zero-order chi connectivity index (χ0) is 27.2. The summed E-state index contributed by atoms with van der Waals surface area (Å²) in [4.78, 5) is 15.0. The van der Waals surface area contributed by atoms with Gasteiger partial charge in [0.2, 0.25) is 5.69 Å². The molecule has 0 saturated carbocycles. The van der Waals surface area contributed by atoms with Crippen LogP contribution in [0.5, 0.6) is 17.4 Å². The summed E-state index contributed by atoms with van der Waals surface area (Å²) in [5, 5.41) is 8.92. The van der Waals surface area contributed by atoms with E-state index in [1.807, 2.05) is 54.6 Å². The van der Waals surface area contributed by atoms with Crippen molar-refractivity contribution in [2.24, 2.45) is 0 Å². The van der Waals surface area contributed by atoms with E-state index in [4.69, 9.17) is 25.8 Å². The number of ether oxygens (including phenoxy) is 3. The SMILES string of the molecule is CCOC(=O)c1nnn(Cc2ccc(OC)cc2)c1Oc1ccc(-c2ccc(N3CCCCC3)cc2Cl)cc1. The molecule has 0 atom stereocenters. The fourth-order valence-corrected chi connectivity index (χ4v) is 4.93. The summed E-state index contributed by atoms with van der Waals surface area (Å²) < 4.78 is 18.1. The molecule has 1 aliphatic heterocycles. The number of hydrogen-bond acceptors (Lipinski definition) is 7. The predicted octanol–water partition coefficient (Wildman–Crippen LogP) is 6.61. The Balaban J connectivity index is 1.37. The molecule has 4 aromatic rings. The van der Waals surface area contributed by atoms with Gasteiger partial charge in [-0.15, -0.1) is 5.10 Å². The summed E-state index contributed by atoms with van der Waals surface area (Å²) >= 11 is 6.70. The maximum atomic E-state index is 12.6. The average molecular weight is 547 g/mol. The van der Waals surface area contributed by atoms with Crippen molar-refractivity contribution < 1.29 is 19.0 Å². The van der Waals surface area contributed by atoms with Gasteiger partial charge in [-0.25, -0.2) is 9.48 Å². The number of aromatic nitrogens is 3. The summed E-state index contributed by atoms with van der Waals surface area (Å²) in [7, 11) is 1.62. The molecule has 1 aliphatic rings. The molecule has 5 rings (SSSR count). The van der Waals surface area contributed by atoms with Crippen LogP contribution < -0.4 is 14.4 Å². The number of carbonyl (C=O) groups excluding carboxylic acids is 1. The number of methoxy groups -OCH3 is 1. The molecule has 8 nitrogen and oxygen atoms in total. The summed E-state index contributed by atoms with van der Waals surface area (Å²) in [5.41, 5.74) is 4.03. The fraction of sp³-hybridized carbons (Fsp3) is 0.300. The van der Waals surface area contributed by atoms with Gasteiger partial charge in [0.1, 0.15) is 11.5 Å². The Bertz CT molecular complexity index is 1410. The maximum absolute atomic E-state index is 12.6. The third kappa shape index (κ3) is 6.17. The summed E-state index contributed by atoms with van der Waals surface area (Å²) in [6.45, 7) is 4.44. The first-order chi connectivity index (χ1) is 19.1. The predicted molar refractivity (Wildman–Crippen MR) is 151 cm³/mol.